The van der Waals surface area contributed by atoms with Crippen molar-refractivity contribution in [3.8, 4) is 0 Å². The molecule has 10 nitrogen and oxygen atoms in total. The van der Waals surface area contributed by atoms with Crippen molar-refractivity contribution in [2.75, 3.05) is 25.2 Å². The zero-order valence-electron chi connectivity index (χ0n) is 14.0. The average Bonchev–Trinajstić information content (AvgIpc) is 2.47. The highest BCUT2D eigenvalue weighted by molar-refractivity contribution is 8.71. The molecule has 0 bridgehead atoms. The van der Waals surface area contributed by atoms with E-state index in [1.54, 1.807) is 0 Å². The summed E-state index contributed by atoms with van der Waals surface area (Å²) in [6.07, 6.45) is -5.37. The van der Waals surface area contributed by atoms with Crippen molar-refractivity contribution in [1.29, 1.82) is 0 Å². The number of carbonyl (C=O) groups is 2. The van der Waals surface area contributed by atoms with Crippen molar-refractivity contribution >= 4 is 31.6 Å². The summed E-state index contributed by atoms with van der Waals surface area (Å²) in [6.45, 7) is 1.55. The molecule has 1 fully saturated rings. The molecule has 12 heteroatoms. The molecule has 0 aliphatic carbocycles. The van der Waals surface area contributed by atoms with E-state index in [9.17, 15) is 28.2 Å². The Labute approximate surface area is 149 Å². The first kappa shape index (κ1) is 22.1. The Hall–Kier alpha value is -0.920. The number of ether oxygens (including phenoxy) is 4. The van der Waals surface area contributed by atoms with Crippen molar-refractivity contribution in [1.82, 2.24) is 0 Å². The molecule has 1 saturated heterocycles. The van der Waals surface area contributed by atoms with E-state index < -0.39 is 58.1 Å². The summed E-state index contributed by atoms with van der Waals surface area (Å²) >= 11 is 0. The summed E-state index contributed by atoms with van der Waals surface area (Å²) in [5, 5.41) is 19.5. The van der Waals surface area contributed by atoms with Gasteiger partial charge in [0.2, 0.25) is 0 Å². The lowest BCUT2D eigenvalue weighted by Gasteiger charge is -2.42. The molecule has 0 saturated carbocycles. The molecule has 1 rings (SSSR count). The maximum absolute atomic E-state index is 11.3. The molecule has 146 valence electrons. The van der Waals surface area contributed by atoms with E-state index in [-0.39, 0.29) is 12.4 Å². The lowest BCUT2D eigenvalue weighted by Crippen LogP contribution is -2.61. The molecular weight excluding hydrogens is 380 g/mol. The van der Waals surface area contributed by atoms with E-state index in [0.717, 1.165) is 20.1 Å². The summed E-state index contributed by atoms with van der Waals surface area (Å²) < 4.78 is 43.0. The molecule has 0 amide bonds. The van der Waals surface area contributed by atoms with Crippen LogP contribution in [0.3, 0.4) is 0 Å². The first-order valence-electron chi connectivity index (χ1n) is 7.30. The van der Waals surface area contributed by atoms with Gasteiger partial charge in [-0.15, -0.1) is 0 Å². The zero-order valence-corrected chi connectivity index (χ0v) is 15.6. The number of rotatable bonds is 8. The molecule has 0 unspecified atom stereocenters. The Kier molecular flexibility index (Phi) is 8.57. The average molecular weight is 402 g/mol. The highest BCUT2D eigenvalue weighted by Gasteiger charge is 2.49. The Morgan fingerprint density at radius 2 is 1.72 bits per heavy atom. The smallest absolute Gasteiger partial charge is 0.303 e. The summed E-state index contributed by atoms with van der Waals surface area (Å²) in [7, 11) is -2.59. The number of esters is 2. The van der Waals surface area contributed by atoms with Gasteiger partial charge in [0.05, 0.1) is 13.2 Å². The lowest BCUT2D eigenvalue weighted by atomic mass is 9.98. The predicted molar refractivity (Wildman–Crippen MR) is 86.1 cm³/mol. The fraction of sp³-hybridized carbons (Fsp3) is 0.846. The SMILES string of the molecule is CC(=O)O[C@H]1[C@H](OCCSS(C)(=O)=O)O[C@H](CO)[C@@H](O)[C@@H]1OC(C)=O. The Bertz CT molecular complexity index is 563. The van der Waals surface area contributed by atoms with E-state index in [1.807, 2.05) is 0 Å². The topological polar surface area (TPSA) is 146 Å². The Morgan fingerprint density at radius 3 is 2.20 bits per heavy atom. The number of hydrogen-bond acceptors (Lipinski definition) is 11. The summed E-state index contributed by atoms with van der Waals surface area (Å²) in [5.41, 5.74) is 0. The fourth-order valence-corrected chi connectivity index (χ4v) is 3.75. The third-order valence-corrected chi connectivity index (χ3v) is 5.61. The highest BCUT2D eigenvalue weighted by atomic mass is 33.1. The Balaban J connectivity index is 2.87. The second-order valence-electron chi connectivity index (χ2n) is 5.26. The molecule has 0 aromatic heterocycles. The van der Waals surface area contributed by atoms with Crippen LogP contribution < -0.4 is 0 Å². The van der Waals surface area contributed by atoms with Crippen LogP contribution in [0.1, 0.15) is 13.8 Å². The van der Waals surface area contributed by atoms with Gasteiger partial charge in [0.15, 0.2) is 27.4 Å². The van der Waals surface area contributed by atoms with Gasteiger partial charge in [-0.05, 0) is 10.8 Å². The first-order chi connectivity index (χ1) is 11.5. The predicted octanol–water partition coefficient (Wildman–Crippen LogP) is -1.36. The van der Waals surface area contributed by atoms with Gasteiger partial charge in [-0.1, -0.05) is 0 Å². The minimum absolute atomic E-state index is 0.0794. The van der Waals surface area contributed by atoms with Gasteiger partial charge in [-0.25, -0.2) is 8.42 Å². The Morgan fingerprint density at radius 1 is 1.16 bits per heavy atom. The molecule has 0 aromatic carbocycles. The summed E-state index contributed by atoms with van der Waals surface area (Å²) in [5.74, 6) is -1.37. The van der Waals surface area contributed by atoms with Gasteiger partial charge < -0.3 is 29.2 Å². The third kappa shape index (κ3) is 7.46. The molecular formula is C13H22O10S2. The second-order valence-corrected chi connectivity index (χ2v) is 9.84. The second kappa shape index (κ2) is 9.69. The molecule has 1 heterocycles. The van der Waals surface area contributed by atoms with Gasteiger partial charge in [0, 0.05) is 25.9 Å². The van der Waals surface area contributed by atoms with Crippen LogP contribution in [0, 0.1) is 0 Å². The quantitative estimate of drug-likeness (QED) is 0.282. The standard InChI is InChI=1S/C13H22O10S2/c1-7(15)21-11-10(17)9(6-14)23-13(12(11)22-8(2)16)20-4-5-24-25(3,18)19/h9-14,17H,4-6H2,1-3H3/t9-,10-,11+,12-,13-/m1/s1. The summed E-state index contributed by atoms with van der Waals surface area (Å²) in [6, 6.07) is 0. The van der Waals surface area contributed by atoms with Crippen LogP contribution >= 0.6 is 10.8 Å². The highest BCUT2D eigenvalue weighted by Crippen LogP contribution is 2.27. The maximum Gasteiger partial charge on any atom is 0.303 e. The van der Waals surface area contributed by atoms with Crippen LogP contribution in [0.4, 0.5) is 0 Å². The number of aliphatic hydroxyl groups is 2. The van der Waals surface area contributed by atoms with Crippen LogP contribution in [0.2, 0.25) is 0 Å². The zero-order chi connectivity index (χ0) is 19.2. The molecule has 1 aliphatic rings. The monoisotopic (exact) mass is 402 g/mol. The number of hydrogen-bond donors (Lipinski definition) is 2. The van der Waals surface area contributed by atoms with Gasteiger partial charge >= 0.3 is 11.9 Å². The largest absolute Gasteiger partial charge is 0.455 e. The van der Waals surface area contributed by atoms with Crippen LogP contribution in [-0.4, -0.2) is 86.5 Å². The van der Waals surface area contributed by atoms with Crippen molar-refractivity contribution in [2.24, 2.45) is 0 Å². The van der Waals surface area contributed by atoms with Crippen LogP contribution in [-0.2, 0) is 37.4 Å². The normalized spacial score (nSPS) is 29.9. The molecule has 0 radical (unpaired) electrons. The molecule has 5 atom stereocenters. The van der Waals surface area contributed by atoms with E-state index in [4.69, 9.17) is 18.9 Å². The third-order valence-electron chi connectivity index (χ3n) is 3.07. The summed E-state index contributed by atoms with van der Waals surface area (Å²) in [4.78, 5) is 22.6. The number of aliphatic hydroxyl groups excluding tert-OH is 2. The molecule has 2 N–H and O–H groups in total. The van der Waals surface area contributed by atoms with Gasteiger partial charge in [-0.2, -0.15) is 0 Å². The van der Waals surface area contributed by atoms with Crippen molar-refractivity contribution < 1.29 is 47.2 Å². The minimum Gasteiger partial charge on any atom is -0.455 e. The van der Waals surface area contributed by atoms with Crippen molar-refractivity contribution in [3.63, 3.8) is 0 Å². The van der Waals surface area contributed by atoms with E-state index in [2.05, 4.69) is 0 Å². The maximum atomic E-state index is 11.3. The van der Waals surface area contributed by atoms with Crippen LogP contribution in [0.5, 0.6) is 0 Å². The van der Waals surface area contributed by atoms with Crippen molar-refractivity contribution in [2.45, 2.75) is 44.6 Å². The number of carbonyl (C=O) groups excluding carboxylic acids is 2. The van der Waals surface area contributed by atoms with E-state index in [0.29, 0.717) is 10.8 Å². The van der Waals surface area contributed by atoms with Crippen molar-refractivity contribution in [3.05, 3.63) is 0 Å². The van der Waals surface area contributed by atoms with Gasteiger partial charge in [0.25, 0.3) is 0 Å². The lowest BCUT2D eigenvalue weighted by molar-refractivity contribution is -0.304. The molecule has 25 heavy (non-hydrogen) atoms. The van der Waals surface area contributed by atoms with Crippen LogP contribution in [0.25, 0.3) is 0 Å². The first-order valence-corrected chi connectivity index (χ1v) is 10.7. The molecule has 0 spiro atoms. The van der Waals surface area contributed by atoms with Crippen LogP contribution in [0.15, 0.2) is 0 Å². The molecule has 1 aliphatic heterocycles. The van der Waals surface area contributed by atoms with E-state index in [1.165, 1.54) is 0 Å². The fourth-order valence-electron chi connectivity index (χ4n) is 2.17. The van der Waals surface area contributed by atoms with Gasteiger partial charge in [0.1, 0.15) is 12.2 Å². The van der Waals surface area contributed by atoms with E-state index >= 15 is 0 Å². The molecule has 0 aromatic rings. The van der Waals surface area contributed by atoms with Gasteiger partial charge in [-0.3, -0.25) is 9.59 Å². The minimum atomic E-state index is -3.25.